The second kappa shape index (κ2) is 5.40. The van der Waals surface area contributed by atoms with Crippen LogP contribution in [0.3, 0.4) is 0 Å². The van der Waals surface area contributed by atoms with Crippen molar-refractivity contribution in [1.82, 2.24) is 10.2 Å². The number of carbonyl (C=O) groups is 2. The Morgan fingerprint density at radius 2 is 1.48 bits per heavy atom. The lowest BCUT2D eigenvalue weighted by Gasteiger charge is -2.24. The summed E-state index contributed by atoms with van der Waals surface area (Å²) in [7, 11) is 0. The number of imide groups is 1. The highest BCUT2D eigenvalue weighted by Crippen LogP contribution is 2.38. The summed E-state index contributed by atoms with van der Waals surface area (Å²) in [5.41, 5.74) is 1.93. The van der Waals surface area contributed by atoms with Crippen molar-refractivity contribution >= 4 is 11.9 Å². The number of hydrogen-bond acceptors (Lipinski definition) is 2. The summed E-state index contributed by atoms with van der Waals surface area (Å²) in [6, 6.07) is 18.5. The van der Waals surface area contributed by atoms with Crippen molar-refractivity contribution < 1.29 is 9.59 Å². The first-order valence-corrected chi connectivity index (χ1v) is 6.88. The van der Waals surface area contributed by atoms with Crippen molar-refractivity contribution in [3.05, 3.63) is 71.8 Å². The number of nitrogens with zero attached hydrogens (tertiary/aromatic N) is 1. The molecule has 0 unspecified atom stereocenters. The fourth-order valence-electron chi connectivity index (χ4n) is 2.81. The molecule has 3 amide bonds. The predicted octanol–water partition coefficient (Wildman–Crippen LogP) is 3.04. The largest absolute Gasteiger partial charge is 0.328 e. The molecule has 106 valence electrons. The molecule has 4 nitrogen and oxygen atoms in total. The molecule has 0 spiro atoms. The lowest BCUT2D eigenvalue weighted by Crippen LogP contribution is -2.33. The lowest BCUT2D eigenvalue weighted by molar-refractivity contribution is -0.127. The van der Waals surface area contributed by atoms with E-state index in [1.807, 2.05) is 60.7 Å². The van der Waals surface area contributed by atoms with E-state index in [4.69, 9.17) is 0 Å². The van der Waals surface area contributed by atoms with Crippen LogP contribution in [0.1, 0.15) is 30.1 Å². The first-order chi connectivity index (χ1) is 10.2. The molecule has 1 aliphatic rings. The second-order valence-electron chi connectivity index (χ2n) is 5.08. The highest BCUT2D eigenvalue weighted by molar-refractivity contribution is 5.96. The van der Waals surface area contributed by atoms with Crippen LogP contribution in [0, 0.1) is 0 Å². The molecule has 1 fully saturated rings. The van der Waals surface area contributed by atoms with Crippen molar-refractivity contribution in [2.24, 2.45) is 0 Å². The van der Waals surface area contributed by atoms with E-state index in [0.717, 1.165) is 11.1 Å². The van der Waals surface area contributed by atoms with E-state index in [1.165, 1.54) is 11.8 Å². The van der Waals surface area contributed by atoms with E-state index in [-0.39, 0.29) is 24.0 Å². The maximum Gasteiger partial charge on any atom is 0.325 e. The summed E-state index contributed by atoms with van der Waals surface area (Å²) in [5.74, 6) is -0.250. The van der Waals surface area contributed by atoms with E-state index in [2.05, 4.69) is 5.32 Å². The van der Waals surface area contributed by atoms with E-state index < -0.39 is 0 Å². The van der Waals surface area contributed by atoms with Gasteiger partial charge in [-0.3, -0.25) is 9.69 Å². The normalized spacial score (nSPS) is 21.2. The van der Waals surface area contributed by atoms with Gasteiger partial charge in [0.05, 0.1) is 12.1 Å². The molecule has 1 aliphatic heterocycles. The third-order valence-corrected chi connectivity index (χ3v) is 3.73. The van der Waals surface area contributed by atoms with Crippen molar-refractivity contribution in [3.63, 3.8) is 0 Å². The van der Waals surface area contributed by atoms with Crippen LogP contribution < -0.4 is 5.32 Å². The first kappa shape index (κ1) is 13.4. The molecule has 21 heavy (non-hydrogen) atoms. The van der Waals surface area contributed by atoms with Gasteiger partial charge in [-0.15, -0.1) is 0 Å². The fraction of sp³-hybridized carbons (Fsp3) is 0.176. The Kier molecular flexibility index (Phi) is 3.44. The van der Waals surface area contributed by atoms with Crippen LogP contribution in [0.15, 0.2) is 60.7 Å². The number of amides is 3. The molecule has 1 saturated heterocycles. The minimum absolute atomic E-state index is 0.231. The van der Waals surface area contributed by atoms with Gasteiger partial charge < -0.3 is 5.32 Å². The van der Waals surface area contributed by atoms with Crippen LogP contribution in [0.4, 0.5) is 4.79 Å². The van der Waals surface area contributed by atoms with Gasteiger partial charge in [0.1, 0.15) is 0 Å². The van der Waals surface area contributed by atoms with Gasteiger partial charge in [0.25, 0.3) is 0 Å². The molecular weight excluding hydrogens is 264 g/mol. The zero-order chi connectivity index (χ0) is 14.8. The lowest BCUT2D eigenvalue weighted by atomic mass is 9.94. The summed E-state index contributed by atoms with van der Waals surface area (Å²) in [6.07, 6.45) is 0. The van der Waals surface area contributed by atoms with Crippen LogP contribution in [-0.2, 0) is 4.79 Å². The third-order valence-electron chi connectivity index (χ3n) is 3.73. The van der Waals surface area contributed by atoms with Crippen LogP contribution in [0.25, 0.3) is 0 Å². The van der Waals surface area contributed by atoms with E-state index in [0.29, 0.717) is 0 Å². The molecule has 2 aromatic rings. The fourth-order valence-corrected chi connectivity index (χ4v) is 2.81. The van der Waals surface area contributed by atoms with Crippen LogP contribution in [0.5, 0.6) is 0 Å². The number of hydrogen-bond donors (Lipinski definition) is 1. The third kappa shape index (κ3) is 2.40. The zero-order valence-electron chi connectivity index (χ0n) is 11.7. The van der Waals surface area contributed by atoms with Crippen molar-refractivity contribution in [2.45, 2.75) is 19.0 Å². The first-order valence-electron chi connectivity index (χ1n) is 6.88. The molecule has 3 rings (SSSR count). The van der Waals surface area contributed by atoms with Crippen LogP contribution in [-0.4, -0.2) is 16.8 Å². The van der Waals surface area contributed by atoms with Gasteiger partial charge in [-0.1, -0.05) is 60.7 Å². The Labute approximate surface area is 123 Å². The number of carbonyl (C=O) groups excluding carboxylic acids is 2. The molecule has 2 aromatic carbocycles. The average molecular weight is 280 g/mol. The van der Waals surface area contributed by atoms with Gasteiger partial charge in [-0.25, -0.2) is 4.79 Å². The summed E-state index contributed by atoms with van der Waals surface area (Å²) in [4.78, 5) is 25.4. The minimum atomic E-state index is -0.342. The van der Waals surface area contributed by atoms with E-state index >= 15 is 0 Å². The average Bonchev–Trinajstić information content (AvgIpc) is 2.86. The monoisotopic (exact) mass is 280 g/mol. The second-order valence-corrected chi connectivity index (χ2v) is 5.08. The van der Waals surface area contributed by atoms with Gasteiger partial charge >= 0.3 is 6.03 Å². The summed E-state index contributed by atoms with van der Waals surface area (Å²) >= 11 is 0. The van der Waals surface area contributed by atoms with Crippen molar-refractivity contribution in [3.8, 4) is 0 Å². The topological polar surface area (TPSA) is 49.4 Å². The molecule has 0 bridgehead atoms. The summed E-state index contributed by atoms with van der Waals surface area (Å²) in [5, 5.41) is 2.92. The summed E-state index contributed by atoms with van der Waals surface area (Å²) < 4.78 is 0. The molecule has 0 saturated carbocycles. The number of nitrogens with one attached hydrogen (secondary N) is 1. The standard InChI is InChI=1S/C17H16N2O2/c1-12(20)19-16(14-10-6-3-7-11-14)15(18-17(19)21)13-8-4-2-5-9-13/h2-11,15-16H,1H3,(H,18,21)/t15-,16-/m0/s1. The summed E-state index contributed by atoms with van der Waals surface area (Å²) in [6.45, 7) is 1.42. The van der Waals surface area contributed by atoms with Gasteiger partial charge in [0, 0.05) is 6.92 Å². The quantitative estimate of drug-likeness (QED) is 0.919. The Hall–Kier alpha value is -2.62. The Morgan fingerprint density at radius 1 is 0.952 bits per heavy atom. The molecular formula is C17H16N2O2. The maximum atomic E-state index is 12.2. The smallest absolute Gasteiger partial charge is 0.325 e. The van der Waals surface area contributed by atoms with E-state index in [9.17, 15) is 9.59 Å². The van der Waals surface area contributed by atoms with E-state index in [1.54, 1.807) is 0 Å². The van der Waals surface area contributed by atoms with Gasteiger partial charge in [-0.2, -0.15) is 0 Å². The highest BCUT2D eigenvalue weighted by atomic mass is 16.2. The Balaban J connectivity index is 2.07. The Morgan fingerprint density at radius 3 is 2.00 bits per heavy atom. The van der Waals surface area contributed by atoms with Crippen molar-refractivity contribution in [2.75, 3.05) is 0 Å². The van der Waals surface area contributed by atoms with Crippen molar-refractivity contribution in [1.29, 1.82) is 0 Å². The van der Waals surface area contributed by atoms with Gasteiger partial charge in [-0.05, 0) is 11.1 Å². The number of urea groups is 1. The molecule has 0 radical (unpaired) electrons. The molecule has 0 aromatic heterocycles. The zero-order valence-corrected chi connectivity index (χ0v) is 11.7. The predicted molar refractivity (Wildman–Crippen MR) is 79.4 cm³/mol. The molecule has 0 aliphatic carbocycles. The maximum absolute atomic E-state index is 12.2. The molecule has 1 heterocycles. The van der Waals surface area contributed by atoms with Gasteiger partial charge in [0.2, 0.25) is 5.91 Å². The number of rotatable bonds is 2. The molecule has 4 heteroatoms. The molecule has 2 atom stereocenters. The molecule has 1 N–H and O–H groups in total. The number of benzene rings is 2. The highest BCUT2D eigenvalue weighted by Gasteiger charge is 2.43. The Bertz CT molecular complexity index is 655. The minimum Gasteiger partial charge on any atom is -0.328 e. The van der Waals surface area contributed by atoms with Crippen LogP contribution in [0.2, 0.25) is 0 Å². The van der Waals surface area contributed by atoms with Gasteiger partial charge in [0.15, 0.2) is 0 Å². The van der Waals surface area contributed by atoms with Crippen LogP contribution >= 0.6 is 0 Å². The SMILES string of the molecule is CC(=O)N1C(=O)N[C@@H](c2ccccc2)[C@@H]1c1ccccc1.